The Balaban J connectivity index is 2.14. The van der Waals surface area contributed by atoms with Crippen molar-refractivity contribution in [3.63, 3.8) is 0 Å². The van der Waals surface area contributed by atoms with Gasteiger partial charge in [-0.3, -0.25) is 14.1 Å². The Morgan fingerprint density at radius 1 is 1.15 bits per heavy atom. The maximum Gasteiger partial charge on any atom is 0.264 e. The Kier molecular flexibility index (Phi) is 7.26. The highest BCUT2D eigenvalue weighted by molar-refractivity contribution is 8.00. The van der Waals surface area contributed by atoms with Gasteiger partial charge in [0.2, 0.25) is 5.91 Å². The van der Waals surface area contributed by atoms with Crippen molar-refractivity contribution >= 4 is 33.4 Å². The minimum Gasteiger partial charge on any atom is -0.354 e. The van der Waals surface area contributed by atoms with Gasteiger partial charge >= 0.3 is 0 Å². The molecule has 1 N–H and O–H groups in total. The molecular weight excluding hydrogens is 382 g/mol. The summed E-state index contributed by atoms with van der Waals surface area (Å²) in [6.45, 7) is 6.50. The van der Waals surface area contributed by atoms with Crippen LogP contribution >= 0.6 is 11.8 Å². The Morgan fingerprint density at radius 3 is 2.44 bits per heavy atom. The molecule has 0 aliphatic rings. The smallest absolute Gasteiger partial charge is 0.264 e. The summed E-state index contributed by atoms with van der Waals surface area (Å²) in [5, 5.41) is 2.79. The van der Waals surface area contributed by atoms with Gasteiger partial charge in [-0.1, -0.05) is 39.0 Å². The van der Waals surface area contributed by atoms with Crippen LogP contribution < -0.4 is 9.62 Å². The summed E-state index contributed by atoms with van der Waals surface area (Å²) < 4.78 is 27.3. The van der Waals surface area contributed by atoms with Gasteiger partial charge in [-0.2, -0.15) is 11.8 Å². The lowest BCUT2D eigenvalue weighted by Crippen LogP contribution is -2.41. The molecule has 0 bridgehead atoms. The predicted molar refractivity (Wildman–Crippen MR) is 110 cm³/mol. The fraction of sp³-hybridized carbons (Fsp3) is 0.368. The second-order valence-corrected chi connectivity index (χ2v) is 10.6. The van der Waals surface area contributed by atoms with Crippen molar-refractivity contribution in [3.8, 4) is 0 Å². The number of amides is 1. The van der Waals surface area contributed by atoms with E-state index in [4.69, 9.17) is 0 Å². The van der Waals surface area contributed by atoms with E-state index in [1.165, 1.54) is 18.3 Å². The number of pyridine rings is 1. The SMILES string of the molecule is CC(C)(C)SCCNC(=O)CN(c1cccnc1)S(=O)(=O)c1ccccc1. The largest absolute Gasteiger partial charge is 0.354 e. The minimum absolute atomic E-state index is 0.114. The van der Waals surface area contributed by atoms with E-state index in [0.29, 0.717) is 12.2 Å². The van der Waals surface area contributed by atoms with Gasteiger partial charge in [0.05, 0.1) is 16.8 Å². The lowest BCUT2D eigenvalue weighted by atomic mass is 10.3. The number of nitrogens with one attached hydrogen (secondary N) is 1. The molecule has 0 fully saturated rings. The number of nitrogens with zero attached hydrogens (tertiary/aromatic N) is 2. The zero-order valence-corrected chi connectivity index (χ0v) is 17.4. The number of sulfonamides is 1. The van der Waals surface area contributed by atoms with Crippen molar-refractivity contribution in [1.29, 1.82) is 0 Å². The van der Waals surface area contributed by atoms with E-state index in [2.05, 4.69) is 31.1 Å². The zero-order chi connectivity index (χ0) is 19.9. The second-order valence-electron chi connectivity index (χ2n) is 6.85. The first-order chi connectivity index (χ1) is 12.7. The monoisotopic (exact) mass is 407 g/mol. The van der Waals surface area contributed by atoms with Gasteiger partial charge in [-0.05, 0) is 24.3 Å². The molecule has 0 saturated heterocycles. The van der Waals surface area contributed by atoms with E-state index in [1.54, 1.807) is 48.3 Å². The van der Waals surface area contributed by atoms with Crippen LogP contribution in [0.1, 0.15) is 20.8 Å². The molecule has 0 atom stereocenters. The van der Waals surface area contributed by atoms with Crippen molar-refractivity contribution in [2.45, 2.75) is 30.4 Å². The van der Waals surface area contributed by atoms with E-state index < -0.39 is 10.0 Å². The highest BCUT2D eigenvalue weighted by Crippen LogP contribution is 2.23. The number of carbonyl (C=O) groups is 1. The van der Waals surface area contributed by atoms with E-state index in [-0.39, 0.29) is 22.1 Å². The number of anilines is 1. The standard InChI is InChI=1S/C19H25N3O3S2/c1-19(2,3)26-13-12-21-18(23)15-22(16-8-7-11-20-14-16)27(24,25)17-9-5-4-6-10-17/h4-11,14H,12-13,15H2,1-3H3,(H,21,23). The first-order valence-corrected chi connectivity index (χ1v) is 11.0. The van der Waals surface area contributed by atoms with Gasteiger partial charge in [0.25, 0.3) is 10.0 Å². The summed E-state index contributed by atoms with van der Waals surface area (Å²) in [5.41, 5.74) is 0.348. The van der Waals surface area contributed by atoms with Crippen LogP contribution in [0.2, 0.25) is 0 Å². The van der Waals surface area contributed by atoms with Crippen LogP contribution in [0.4, 0.5) is 5.69 Å². The average molecular weight is 408 g/mol. The summed E-state index contributed by atoms with van der Waals surface area (Å²) >= 11 is 1.74. The summed E-state index contributed by atoms with van der Waals surface area (Å²) in [6, 6.07) is 11.3. The Morgan fingerprint density at radius 2 is 1.85 bits per heavy atom. The zero-order valence-electron chi connectivity index (χ0n) is 15.8. The summed E-state index contributed by atoms with van der Waals surface area (Å²) in [4.78, 5) is 16.5. The number of rotatable bonds is 8. The molecule has 0 unspecified atom stereocenters. The number of carbonyl (C=O) groups excluding carboxylic acids is 1. The Labute approximate surface area is 165 Å². The molecule has 2 rings (SSSR count). The number of thioether (sulfide) groups is 1. The van der Waals surface area contributed by atoms with E-state index in [1.807, 2.05) is 0 Å². The van der Waals surface area contributed by atoms with Crippen molar-refractivity contribution in [2.24, 2.45) is 0 Å². The molecule has 1 aromatic heterocycles. The van der Waals surface area contributed by atoms with E-state index >= 15 is 0 Å². The average Bonchev–Trinajstić information content (AvgIpc) is 2.64. The lowest BCUT2D eigenvalue weighted by molar-refractivity contribution is -0.119. The second kappa shape index (κ2) is 9.23. The maximum absolute atomic E-state index is 13.0. The van der Waals surface area contributed by atoms with Crippen LogP contribution in [0.5, 0.6) is 0 Å². The molecule has 0 radical (unpaired) electrons. The fourth-order valence-corrected chi connectivity index (χ4v) is 4.51. The number of hydrogen-bond donors (Lipinski definition) is 1. The van der Waals surface area contributed by atoms with Crippen molar-refractivity contribution in [2.75, 3.05) is 23.1 Å². The molecule has 0 aliphatic heterocycles. The number of aromatic nitrogens is 1. The molecule has 27 heavy (non-hydrogen) atoms. The van der Waals surface area contributed by atoms with Crippen LogP contribution in [-0.4, -0.2) is 42.9 Å². The normalized spacial score (nSPS) is 11.8. The lowest BCUT2D eigenvalue weighted by Gasteiger charge is -2.24. The van der Waals surface area contributed by atoms with Crippen molar-refractivity contribution in [1.82, 2.24) is 10.3 Å². The summed E-state index contributed by atoms with van der Waals surface area (Å²) in [6.07, 6.45) is 2.99. The van der Waals surface area contributed by atoms with Crippen molar-refractivity contribution < 1.29 is 13.2 Å². The summed E-state index contributed by atoms with van der Waals surface area (Å²) in [5.74, 6) is 0.404. The van der Waals surface area contributed by atoms with Gasteiger partial charge in [-0.25, -0.2) is 8.42 Å². The first kappa shape index (κ1) is 21.2. The van der Waals surface area contributed by atoms with Gasteiger partial charge < -0.3 is 5.32 Å². The van der Waals surface area contributed by atoms with Gasteiger partial charge in [0.15, 0.2) is 0 Å². The van der Waals surface area contributed by atoms with Crippen LogP contribution in [0.3, 0.4) is 0 Å². The fourth-order valence-electron chi connectivity index (χ4n) is 2.27. The van der Waals surface area contributed by atoms with Crippen LogP contribution in [0.25, 0.3) is 0 Å². The van der Waals surface area contributed by atoms with Crippen LogP contribution in [-0.2, 0) is 14.8 Å². The Hall–Kier alpha value is -2.06. The topological polar surface area (TPSA) is 79.4 Å². The molecule has 2 aromatic rings. The third-order valence-electron chi connectivity index (χ3n) is 3.51. The number of hydrogen-bond acceptors (Lipinski definition) is 5. The highest BCUT2D eigenvalue weighted by atomic mass is 32.2. The van der Waals surface area contributed by atoms with Crippen LogP contribution in [0, 0.1) is 0 Å². The number of benzene rings is 1. The predicted octanol–water partition coefficient (Wildman–Crippen LogP) is 2.92. The molecule has 1 amide bonds. The molecule has 1 heterocycles. The van der Waals surface area contributed by atoms with Gasteiger partial charge in [0.1, 0.15) is 6.54 Å². The Bertz CT molecular complexity index is 836. The third kappa shape index (κ3) is 6.55. The maximum atomic E-state index is 13.0. The highest BCUT2D eigenvalue weighted by Gasteiger charge is 2.27. The van der Waals surface area contributed by atoms with Crippen LogP contribution in [0.15, 0.2) is 59.8 Å². The van der Waals surface area contributed by atoms with Crippen molar-refractivity contribution in [3.05, 3.63) is 54.9 Å². The van der Waals surface area contributed by atoms with Gasteiger partial charge in [-0.15, -0.1) is 0 Å². The summed E-state index contributed by atoms with van der Waals surface area (Å²) in [7, 11) is -3.88. The van der Waals surface area contributed by atoms with E-state index in [0.717, 1.165) is 10.1 Å². The van der Waals surface area contributed by atoms with Gasteiger partial charge in [0, 0.05) is 23.2 Å². The first-order valence-electron chi connectivity index (χ1n) is 8.58. The molecule has 8 heteroatoms. The molecule has 1 aromatic carbocycles. The molecule has 146 valence electrons. The minimum atomic E-state index is -3.88. The third-order valence-corrected chi connectivity index (χ3v) is 6.57. The molecular formula is C19H25N3O3S2. The molecule has 0 saturated carbocycles. The molecule has 0 aliphatic carbocycles. The molecule has 0 spiro atoms. The quantitative estimate of drug-likeness (QED) is 0.681. The molecule has 6 nitrogen and oxygen atoms in total. The van der Waals surface area contributed by atoms with E-state index in [9.17, 15) is 13.2 Å².